The molecule has 0 saturated heterocycles. The number of benzene rings is 2. The standard InChI is InChI=1S/C24H23FN2O4/c1-14-8-15-5-6-16(24(25)17(15)9-14)10-19-18-11-21(30-2)22(12-20(18)27-13-26-19)31-7-3-4-23(28)29/h5-6,9,11-13H,3-4,7-8,10H2,1-2H3,(H,28,29). The molecule has 0 atom stereocenters. The number of rotatable bonds is 8. The van der Waals surface area contributed by atoms with Crippen LogP contribution in [0.2, 0.25) is 0 Å². The second-order valence-corrected chi connectivity index (χ2v) is 7.64. The van der Waals surface area contributed by atoms with Gasteiger partial charge < -0.3 is 14.6 Å². The number of methoxy groups -OCH3 is 1. The first-order valence-corrected chi connectivity index (χ1v) is 10.1. The highest BCUT2D eigenvalue weighted by molar-refractivity contribution is 5.85. The molecule has 0 fully saturated rings. The molecule has 0 amide bonds. The number of fused-ring (bicyclic) bond motifs is 2. The molecule has 31 heavy (non-hydrogen) atoms. The van der Waals surface area contributed by atoms with Crippen molar-refractivity contribution in [2.24, 2.45) is 0 Å². The van der Waals surface area contributed by atoms with E-state index in [0.717, 1.165) is 22.9 Å². The van der Waals surface area contributed by atoms with Crippen molar-refractivity contribution >= 4 is 22.9 Å². The first-order valence-electron chi connectivity index (χ1n) is 10.1. The van der Waals surface area contributed by atoms with E-state index < -0.39 is 5.97 Å². The van der Waals surface area contributed by atoms with Crippen molar-refractivity contribution in [2.45, 2.75) is 32.6 Å². The van der Waals surface area contributed by atoms with Crippen LogP contribution in [0.4, 0.5) is 4.39 Å². The van der Waals surface area contributed by atoms with Crippen molar-refractivity contribution in [3.8, 4) is 11.5 Å². The zero-order valence-electron chi connectivity index (χ0n) is 17.4. The second-order valence-electron chi connectivity index (χ2n) is 7.64. The van der Waals surface area contributed by atoms with Gasteiger partial charge in [-0.1, -0.05) is 23.8 Å². The Labute approximate surface area is 179 Å². The molecule has 160 valence electrons. The average molecular weight is 422 g/mol. The van der Waals surface area contributed by atoms with E-state index >= 15 is 4.39 Å². The third-order valence-corrected chi connectivity index (χ3v) is 5.36. The summed E-state index contributed by atoms with van der Waals surface area (Å²) < 4.78 is 26.3. The third kappa shape index (κ3) is 4.35. The monoisotopic (exact) mass is 422 g/mol. The van der Waals surface area contributed by atoms with Gasteiger partial charge in [-0.15, -0.1) is 0 Å². The minimum Gasteiger partial charge on any atom is -0.493 e. The van der Waals surface area contributed by atoms with Crippen LogP contribution in [0.5, 0.6) is 11.5 Å². The summed E-state index contributed by atoms with van der Waals surface area (Å²) in [5.41, 5.74) is 4.76. The summed E-state index contributed by atoms with van der Waals surface area (Å²) in [6, 6.07) is 7.33. The number of ether oxygens (including phenoxy) is 2. The molecule has 7 heteroatoms. The fourth-order valence-electron chi connectivity index (χ4n) is 3.84. The maximum absolute atomic E-state index is 15.1. The molecule has 6 nitrogen and oxygen atoms in total. The molecule has 2 aromatic carbocycles. The van der Waals surface area contributed by atoms with Gasteiger partial charge in [-0.3, -0.25) is 4.79 Å². The van der Waals surface area contributed by atoms with Crippen LogP contribution in [-0.4, -0.2) is 34.8 Å². The normalized spacial score (nSPS) is 12.5. The molecule has 1 N–H and O–H groups in total. The Morgan fingerprint density at radius 2 is 2.06 bits per heavy atom. The summed E-state index contributed by atoms with van der Waals surface area (Å²) in [6.07, 6.45) is 4.89. The SMILES string of the molecule is COc1cc2c(Cc3ccc4c(c3F)C=C(C)C4)ncnc2cc1OCCCC(=O)O. The predicted molar refractivity (Wildman–Crippen MR) is 115 cm³/mol. The number of aromatic nitrogens is 2. The van der Waals surface area contributed by atoms with Gasteiger partial charge in [0.1, 0.15) is 12.1 Å². The van der Waals surface area contributed by atoms with Crippen LogP contribution in [0.25, 0.3) is 17.0 Å². The van der Waals surface area contributed by atoms with Crippen LogP contribution >= 0.6 is 0 Å². The van der Waals surface area contributed by atoms with Gasteiger partial charge in [-0.2, -0.15) is 0 Å². The molecular formula is C24H23FN2O4. The Balaban J connectivity index is 1.64. The van der Waals surface area contributed by atoms with Crippen molar-refractivity contribution in [1.82, 2.24) is 9.97 Å². The molecule has 0 radical (unpaired) electrons. The number of hydrogen-bond donors (Lipinski definition) is 1. The zero-order chi connectivity index (χ0) is 22.0. The number of carboxylic acid groups (broad SMARTS) is 1. The van der Waals surface area contributed by atoms with Crippen LogP contribution < -0.4 is 9.47 Å². The van der Waals surface area contributed by atoms with Crippen LogP contribution in [0.1, 0.15) is 42.1 Å². The van der Waals surface area contributed by atoms with Gasteiger partial charge in [0.2, 0.25) is 0 Å². The van der Waals surface area contributed by atoms with Gasteiger partial charge in [0.05, 0.1) is 24.9 Å². The minimum atomic E-state index is -0.865. The van der Waals surface area contributed by atoms with Crippen molar-refractivity contribution in [3.05, 3.63) is 64.4 Å². The first kappa shape index (κ1) is 20.8. The molecule has 0 aliphatic heterocycles. The summed E-state index contributed by atoms with van der Waals surface area (Å²) in [5.74, 6) is -0.0939. The van der Waals surface area contributed by atoms with E-state index in [9.17, 15) is 4.79 Å². The first-order chi connectivity index (χ1) is 15.0. The Kier molecular flexibility index (Phi) is 5.84. The van der Waals surface area contributed by atoms with Crippen molar-refractivity contribution in [3.63, 3.8) is 0 Å². The molecule has 0 saturated carbocycles. The average Bonchev–Trinajstić information content (AvgIpc) is 3.14. The van der Waals surface area contributed by atoms with Crippen LogP contribution in [0.3, 0.4) is 0 Å². The fourth-order valence-corrected chi connectivity index (χ4v) is 3.84. The topological polar surface area (TPSA) is 81.5 Å². The highest BCUT2D eigenvalue weighted by Gasteiger charge is 2.19. The third-order valence-electron chi connectivity index (χ3n) is 5.36. The maximum atomic E-state index is 15.1. The maximum Gasteiger partial charge on any atom is 0.303 e. The van der Waals surface area contributed by atoms with Gasteiger partial charge in [-0.05, 0) is 37.0 Å². The summed E-state index contributed by atoms with van der Waals surface area (Å²) in [5, 5.41) is 9.51. The lowest BCUT2D eigenvalue weighted by atomic mass is 10.00. The number of nitrogens with zero attached hydrogens (tertiary/aromatic N) is 2. The van der Waals surface area contributed by atoms with E-state index in [2.05, 4.69) is 9.97 Å². The summed E-state index contributed by atoms with van der Waals surface area (Å²) >= 11 is 0. The molecule has 1 heterocycles. The van der Waals surface area contributed by atoms with E-state index in [1.807, 2.05) is 25.1 Å². The van der Waals surface area contributed by atoms with Gasteiger partial charge >= 0.3 is 5.97 Å². The Morgan fingerprint density at radius 1 is 1.23 bits per heavy atom. The molecule has 0 unspecified atom stereocenters. The van der Waals surface area contributed by atoms with Gasteiger partial charge in [0, 0.05) is 29.9 Å². The van der Waals surface area contributed by atoms with E-state index in [1.54, 1.807) is 12.1 Å². The smallest absolute Gasteiger partial charge is 0.303 e. The quantitative estimate of drug-likeness (QED) is 0.536. The molecular weight excluding hydrogens is 399 g/mol. The molecule has 0 bridgehead atoms. The highest BCUT2D eigenvalue weighted by Crippen LogP contribution is 2.34. The molecule has 1 aromatic heterocycles. The zero-order valence-corrected chi connectivity index (χ0v) is 17.4. The highest BCUT2D eigenvalue weighted by atomic mass is 19.1. The molecule has 1 aliphatic rings. The van der Waals surface area contributed by atoms with Crippen molar-refractivity contribution in [2.75, 3.05) is 13.7 Å². The van der Waals surface area contributed by atoms with E-state index in [-0.39, 0.29) is 18.8 Å². The Bertz CT molecular complexity index is 1190. The van der Waals surface area contributed by atoms with E-state index in [4.69, 9.17) is 14.6 Å². The molecule has 1 aliphatic carbocycles. The summed E-state index contributed by atoms with van der Waals surface area (Å²) in [4.78, 5) is 19.4. The number of allylic oxidation sites excluding steroid dienone is 1. The lowest BCUT2D eigenvalue weighted by molar-refractivity contribution is -0.137. The number of carbonyl (C=O) groups is 1. The van der Waals surface area contributed by atoms with Crippen LogP contribution in [-0.2, 0) is 17.6 Å². The van der Waals surface area contributed by atoms with Crippen LogP contribution in [0, 0.1) is 5.82 Å². The number of aliphatic carboxylic acids is 1. The number of hydrogen-bond acceptors (Lipinski definition) is 5. The minimum absolute atomic E-state index is 0.0310. The van der Waals surface area contributed by atoms with Gasteiger partial charge in [-0.25, -0.2) is 14.4 Å². The molecule has 3 aromatic rings. The van der Waals surface area contributed by atoms with Gasteiger partial charge in [0.15, 0.2) is 11.5 Å². The second kappa shape index (κ2) is 8.71. The summed E-state index contributed by atoms with van der Waals surface area (Å²) in [6.45, 7) is 2.25. The lowest BCUT2D eigenvalue weighted by Gasteiger charge is -2.13. The van der Waals surface area contributed by atoms with E-state index in [0.29, 0.717) is 46.7 Å². The Morgan fingerprint density at radius 3 is 2.84 bits per heavy atom. The van der Waals surface area contributed by atoms with Crippen LogP contribution in [0.15, 0.2) is 36.2 Å². The van der Waals surface area contributed by atoms with Crippen molar-refractivity contribution in [1.29, 1.82) is 0 Å². The van der Waals surface area contributed by atoms with Gasteiger partial charge in [0.25, 0.3) is 0 Å². The number of carboxylic acids is 1. The molecule has 4 rings (SSSR count). The van der Waals surface area contributed by atoms with Crippen molar-refractivity contribution < 1.29 is 23.8 Å². The summed E-state index contributed by atoms with van der Waals surface area (Å²) in [7, 11) is 1.53. The van der Waals surface area contributed by atoms with E-state index in [1.165, 1.54) is 13.4 Å². The Hall–Kier alpha value is -3.48. The fraction of sp³-hybridized carbons (Fsp3) is 0.292. The number of halogens is 1. The predicted octanol–water partition coefficient (Wildman–Crippen LogP) is 4.57. The molecule has 0 spiro atoms. The lowest BCUT2D eigenvalue weighted by Crippen LogP contribution is -2.04. The largest absolute Gasteiger partial charge is 0.493 e.